The van der Waals surface area contributed by atoms with Crippen molar-refractivity contribution >= 4 is 5.91 Å². The Morgan fingerprint density at radius 1 is 0.931 bits per heavy atom. The lowest BCUT2D eigenvalue weighted by Gasteiger charge is -2.15. The number of benzene rings is 3. The molecule has 3 aromatic carbocycles. The van der Waals surface area contributed by atoms with Crippen LogP contribution in [-0.2, 0) is 6.42 Å². The molecule has 1 aromatic heterocycles. The second kappa shape index (κ2) is 8.52. The molecule has 0 aliphatic rings. The summed E-state index contributed by atoms with van der Waals surface area (Å²) in [6, 6.07) is 26.5. The van der Waals surface area contributed by atoms with E-state index < -0.39 is 6.04 Å². The van der Waals surface area contributed by atoms with Gasteiger partial charge in [-0.05, 0) is 24.6 Å². The number of hydrogen-bond acceptors (Lipinski definition) is 4. The highest BCUT2D eigenvalue weighted by atomic mass is 16.5. The average Bonchev–Trinajstić information content (AvgIpc) is 3.25. The van der Waals surface area contributed by atoms with Gasteiger partial charge in [-0.15, -0.1) is 0 Å². The van der Waals surface area contributed by atoms with Gasteiger partial charge in [-0.1, -0.05) is 83.5 Å². The Bertz CT molecular complexity index is 1070. The minimum Gasteiger partial charge on any atom is -0.340 e. The summed E-state index contributed by atoms with van der Waals surface area (Å²) >= 11 is 0. The Hall–Kier alpha value is -3.73. The van der Waals surface area contributed by atoms with Crippen LogP contribution in [0.1, 0.15) is 33.4 Å². The molecular weight excluding hydrogens is 362 g/mol. The first-order valence-corrected chi connectivity index (χ1v) is 9.49. The van der Waals surface area contributed by atoms with Crippen LogP contribution in [0.2, 0.25) is 0 Å². The molecule has 0 aliphatic carbocycles. The summed E-state index contributed by atoms with van der Waals surface area (Å²) in [6.45, 7) is 2.03. The largest absolute Gasteiger partial charge is 0.340 e. The number of nitrogens with zero attached hydrogens (tertiary/aromatic N) is 2. The van der Waals surface area contributed by atoms with Gasteiger partial charge in [0, 0.05) is 17.5 Å². The molecule has 4 aromatic rings. The summed E-state index contributed by atoms with van der Waals surface area (Å²) in [5.74, 6) is 0.711. The number of carbonyl (C=O) groups is 1. The van der Waals surface area contributed by atoms with E-state index in [4.69, 9.17) is 4.52 Å². The molecule has 0 fully saturated rings. The van der Waals surface area contributed by atoms with E-state index in [1.54, 1.807) is 12.1 Å². The molecule has 5 nitrogen and oxygen atoms in total. The van der Waals surface area contributed by atoms with Gasteiger partial charge < -0.3 is 9.84 Å². The average molecular weight is 383 g/mol. The monoisotopic (exact) mass is 383 g/mol. The summed E-state index contributed by atoms with van der Waals surface area (Å²) < 4.78 is 5.54. The van der Waals surface area contributed by atoms with Crippen LogP contribution < -0.4 is 5.32 Å². The van der Waals surface area contributed by atoms with Crippen molar-refractivity contribution in [1.29, 1.82) is 0 Å². The van der Waals surface area contributed by atoms with Crippen LogP contribution in [0.25, 0.3) is 11.4 Å². The second-order valence-electron chi connectivity index (χ2n) is 6.90. The van der Waals surface area contributed by atoms with E-state index in [0.29, 0.717) is 23.7 Å². The Morgan fingerprint density at radius 2 is 1.59 bits per heavy atom. The number of nitrogens with one attached hydrogen (secondary N) is 1. The Kier molecular flexibility index (Phi) is 5.47. The number of amides is 1. The number of hydrogen-bond donors (Lipinski definition) is 1. The van der Waals surface area contributed by atoms with Crippen LogP contribution in [0.5, 0.6) is 0 Å². The summed E-state index contributed by atoms with van der Waals surface area (Å²) in [5, 5.41) is 7.16. The lowest BCUT2D eigenvalue weighted by molar-refractivity contribution is 0.0928. The van der Waals surface area contributed by atoms with E-state index in [9.17, 15) is 4.79 Å². The second-order valence-corrected chi connectivity index (χ2v) is 6.90. The minimum absolute atomic E-state index is 0.179. The van der Waals surface area contributed by atoms with E-state index in [1.807, 2.05) is 79.7 Å². The van der Waals surface area contributed by atoms with Crippen molar-refractivity contribution in [3.8, 4) is 11.4 Å². The maximum absolute atomic E-state index is 12.7. The van der Waals surface area contributed by atoms with Crippen molar-refractivity contribution in [2.24, 2.45) is 0 Å². The maximum Gasteiger partial charge on any atom is 0.251 e. The first-order chi connectivity index (χ1) is 14.2. The number of aryl methyl sites for hydroxylation is 1. The fraction of sp³-hybridized carbons (Fsp3) is 0.125. The lowest BCUT2D eigenvalue weighted by Crippen LogP contribution is -2.30. The highest BCUT2D eigenvalue weighted by Gasteiger charge is 2.23. The molecule has 1 atom stereocenters. The highest BCUT2D eigenvalue weighted by molar-refractivity contribution is 5.94. The minimum atomic E-state index is -0.434. The van der Waals surface area contributed by atoms with Crippen LogP contribution in [-0.4, -0.2) is 16.0 Å². The van der Waals surface area contributed by atoms with Crippen molar-refractivity contribution in [1.82, 2.24) is 15.5 Å². The molecule has 29 heavy (non-hydrogen) atoms. The zero-order valence-electron chi connectivity index (χ0n) is 16.1. The normalized spacial score (nSPS) is 11.8. The number of rotatable bonds is 6. The van der Waals surface area contributed by atoms with Crippen LogP contribution in [0, 0.1) is 6.92 Å². The molecule has 0 bridgehead atoms. The Balaban J connectivity index is 1.61. The van der Waals surface area contributed by atoms with Crippen LogP contribution in [0.3, 0.4) is 0 Å². The van der Waals surface area contributed by atoms with Crippen molar-refractivity contribution in [3.63, 3.8) is 0 Å². The van der Waals surface area contributed by atoms with E-state index in [-0.39, 0.29) is 5.91 Å². The van der Waals surface area contributed by atoms with Gasteiger partial charge in [0.1, 0.15) is 6.04 Å². The van der Waals surface area contributed by atoms with Gasteiger partial charge in [-0.3, -0.25) is 4.79 Å². The first kappa shape index (κ1) is 18.6. The Morgan fingerprint density at radius 3 is 2.28 bits per heavy atom. The third kappa shape index (κ3) is 4.58. The van der Waals surface area contributed by atoms with Gasteiger partial charge >= 0.3 is 0 Å². The molecule has 1 amide bonds. The third-order valence-corrected chi connectivity index (χ3v) is 4.67. The highest BCUT2D eigenvalue weighted by Crippen LogP contribution is 2.22. The van der Waals surface area contributed by atoms with Crippen molar-refractivity contribution in [2.75, 3.05) is 0 Å². The predicted molar refractivity (Wildman–Crippen MR) is 111 cm³/mol. The molecule has 4 rings (SSSR count). The van der Waals surface area contributed by atoms with E-state index >= 15 is 0 Å². The Labute approximate surface area is 169 Å². The van der Waals surface area contributed by atoms with E-state index in [1.165, 1.54) is 0 Å². The van der Waals surface area contributed by atoms with Crippen LogP contribution in [0.4, 0.5) is 0 Å². The van der Waals surface area contributed by atoms with E-state index in [2.05, 4.69) is 15.5 Å². The molecule has 0 unspecified atom stereocenters. The third-order valence-electron chi connectivity index (χ3n) is 4.67. The van der Waals surface area contributed by atoms with Crippen molar-refractivity contribution in [3.05, 3.63) is 108 Å². The molecule has 144 valence electrons. The van der Waals surface area contributed by atoms with Gasteiger partial charge in [0.2, 0.25) is 11.7 Å². The molecule has 0 saturated carbocycles. The maximum atomic E-state index is 12.7. The number of carbonyl (C=O) groups excluding carboxylic acids is 1. The van der Waals surface area contributed by atoms with Gasteiger partial charge in [-0.2, -0.15) is 4.98 Å². The zero-order valence-corrected chi connectivity index (χ0v) is 16.1. The molecule has 1 heterocycles. The summed E-state index contributed by atoms with van der Waals surface area (Å²) in [6.07, 6.45) is 0.551. The lowest BCUT2D eigenvalue weighted by atomic mass is 10.1. The van der Waals surface area contributed by atoms with Crippen molar-refractivity contribution in [2.45, 2.75) is 19.4 Å². The van der Waals surface area contributed by atoms with E-state index in [0.717, 1.165) is 16.7 Å². The van der Waals surface area contributed by atoms with Gasteiger partial charge in [0.25, 0.3) is 5.91 Å². The topological polar surface area (TPSA) is 68.0 Å². The van der Waals surface area contributed by atoms with Gasteiger partial charge in [0.05, 0.1) is 0 Å². The van der Waals surface area contributed by atoms with Gasteiger partial charge in [-0.25, -0.2) is 0 Å². The van der Waals surface area contributed by atoms with Gasteiger partial charge in [0.15, 0.2) is 0 Å². The molecule has 5 heteroatoms. The molecule has 1 N–H and O–H groups in total. The molecule has 0 saturated heterocycles. The first-order valence-electron chi connectivity index (χ1n) is 9.49. The SMILES string of the molecule is Cc1ccc(-c2noc([C@@H](Cc3ccccc3)NC(=O)c3ccccc3)n2)cc1. The quantitative estimate of drug-likeness (QED) is 0.521. The standard InChI is InChI=1S/C24H21N3O2/c1-17-12-14-19(15-13-17)22-26-24(29-27-22)21(16-18-8-4-2-5-9-18)25-23(28)20-10-6-3-7-11-20/h2-15,21H,16H2,1H3,(H,25,28)/t21-/m1/s1. The van der Waals surface area contributed by atoms with Crippen molar-refractivity contribution < 1.29 is 9.32 Å². The van der Waals surface area contributed by atoms with Crippen LogP contribution >= 0.6 is 0 Å². The fourth-order valence-electron chi connectivity index (χ4n) is 3.08. The summed E-state index contributed by atoms with van der Waals surface area (Å²) in [5.41, 5.74) is 3.69. The van der Waals surface area contributed by atoms with Crippen LogP contribution in [0.15, 0.2) is 89.5 Å². The molecule has 0 spiro atoms. The molecule has 0 aliphatic heterocycles. The summed E-state index contributed by atoms with van der Waals surface area (Å²) in [4.78, 5) is 17.3. The number of aromatic nitrogens is 2. The molecule has 0 radical (unpaired) electrons. The predicted octanol–water partition coefficient (Wildman–Crippen LogP) is 4.76. The zero-order chi connectivity index (χ0) is 20.1. The smallest absolute Gasteiger partial charge is 0.251 e. The summed E-state index contributed by atoms with van der Waals surface area (Å²) in [7, 11) is 0. The molecular formula is C24H21N3O2. The fourth-order valence-corrected chi connectivity index (χ4v) is 3.08.